The van der Waals surface area contributed by atoms with E-state index < -0.39 is 0 Å². The number of hydrogen-bond donors (Lipinski definition) is 0. The molecule has 1 aromatic heterocycles. The monoisotopic (exact) mass is 186 g/mol. The number of hydrogen-bond acceptors (Lipinski definition) is 1. The third-order valence-electron chi connectivity index (χ3n) is 1.64. The van der Waals surface area contributed by atoms with Crippen molar-refractivity contribution >= 4 is 15.9 Å². The molecule has 0 bridgehead atoms. The van der Waals surface area contributed by atoms with Crippen molar-refractivity contribution in [2.24, 2.45) is 0 Å². The predicted molar refractivity (Wildman–Crippen MR) is 38.4 cm³/mol. The highest BCUT2D eigenvalue weighted by Crippen LogP contribution is 2.41. The molecule has 0 aliphatic heterocycles. The van der Waals surface area contributed by atoms with Crippen molar-refractivity contribution in [1.82, 2.24) is 0 Å². The highest BCUT2D eigenvalue weighted by molar-refractivity contribution is 9.10. The van der Waals surface area contributed by atoms with Crippen LogP contribution in [0.1, 0.15) is 24.3 Å². The molecule has 0 N–H and O–H groups in total. The molecule has 1 aliphatic rings. The van der Waals surface area contributed by atoms with Crippen LogP contribution in [0.25, 0.3) is 0 Å². The molecule has 0 radical (unpaired) electrons. The van der Waals surface area contributed by atoms with Crippen LogP contribution >= 0.6 is 15.9 Å². The lowest BCUT2D eigenvalue weighted by Gasteiger charge is -1.80. The smallest absolute Gasteiger partial charge is 0.169 e. The summed E-state index contributed by atoms with van der Waals surface area (Å²) in [5, 5.41) is 0. The molecule has 2 heteroatoms. The van der Waals surface area contributed by atoms with E-state index in [1.54, 1.807) is 0 Å². The van der Waals surface area contributed by atoms with Crippen LogP contribution < -0.4 is 0 Å². The Bertz CT molecular complexity index is 212. The molecule has 1 nitrogen and oxygen atoms in total. The molecule has 2 rings (SSSR count). The van der Waals surface area contributed by atoms with Crippen LogP contribution in [-0.4, -0.2) is 0 Å². The lowest BCUT2D eigenvalue weighted by molar-refractivity contribution is 0.538. The van der Waals surface area contributed by atoms with Gasteiger partial charge in [0.15, 0.2) is 4.67 Å². The maximum atomic E-state index is 5.08. The largest absolute Gasteiger partial charge is 0.457 e. The van der Waals surface area contributed by atoms with Crippen LogP contribution in [0.5, 0.6) is 0 Å². The summed E-state index contributed by atoms with van der Waals surface area (Å²) in [6.07, 6.45) is 4.51. The summed E-state index contributed by atoms with van der Waals surface area (Å²) in [6, 6.07) is 2.05. The van der Waals surface area contributed by atoms with Crippen LogP contribution in [0.3, 0.4) is 0 Å². The van der Waals surface area contributed by atoms with E-state index in [4.69, 9.17) is 4.42 Å². The van der Waals surface area contributed by atoms with Gasteiger partial charge in [-0.3, -0.25) is 0 Å². The van der Waals surface area contributed by atoms with Gasteiger partial charge >= 0.3 is 0 Å². The number of rotatable bonds is 1. The Kier molecular flexibility index (Phi) is 1.15. The van der Waals surface area contributed by atoms with Crippen molar-refractivity contribution in [2.75, 3.05) is 0 Å². The third-order valence-corrected chi connectivity index (χ3v) is 2.05. The van der Waals surface area contributed by atoms with Gasteiger partial charge in [-0.2, -0.15) is 0 Å². The minimum Gasteiger partial charge on any atom is -0.457 e. The second-order valence-corrected chi connectivity index (χ2v) is 3.24. The van der Waals surface area contributed by atoms with Gasteiger partial charge < -0.3 is 4.42 Å². The third kappa shape index (κ3) is 1.04. The molecule has 1 fully saturated rings. The second-order valence-electron chi connectivity index (χ2n) is 2.46. The van der Waals surface area contributed by atoms with Crippen molar-refractivity contribution < 1.29 is 4.42 Å². The van der Waals surface area contributed by atoms with E-state index in [0.717, 1.165) is 10.6 Å². The minimum atomic E-state index is 0.806. The first-order valence-electron chi connectivity index (χ1n) is 3.10. The van der Waals surface area contributed by atoms with E-state index in [9.17, 15) is 0 Å². The fourth-order valence-corrected chi connectivity index (χ4v) is 1.31. The molecule has 1 heterocycles. The van der Waals surface area contributed by atoms with Crippen LogP contribution in [0.4, 0.5) is 0 Å². The molecule has 0 spiro atoms. The molecule has 1 aromatic rings. The summed E-state index contributed by atoms with van der Waals surface area (Å²) in [7, 11) is 0. The highest BCUT2D eigenvalue weighted by atomic mass is 79.9. The van der Waals surface area contributed by atoms with Gasteiger partial charge in [-0.15, -0.1) is 0 Å². The van der Waals surface area contributed by atoms with Crippen molar-refractivity contribution in [2.45, 2.75) is 18.8 Å². The van der Waals surface area contributed by atoms with Gasteiger partial charge in [0.05, 0.1) is 6.26 Å². The maximum Gasteiger partial charge on any atom is 0.169 e. The van der Waals surface area contributed by atoms with Gasteiger partial charge in [-0.25, -0.2) is 0 Å². The first kappa shape index (κ1) is 5.54. The maximum absolute atomic E-state index is 5.08. The zero-order valence-electron chi connectivity index (χ0n) is 4.93. The van der Waals surface area contributed by atoms with Gasteiger partial charge in [-0.1, -0.05) is 0 Å². The number of halogens is 1. The van der Waals surface area contributed by atoms with Gasteiger partial charge in [0.1, 0.15) is 0 Å². The average Bonchev–Trinajstić information content (AvgIpc) is 2.58. The van der Waals surface area contributed by atoms with E-state index in [0.29, 0.717) is 0 Å². The predicted octanol–water partition coefficient (Wildman–Crippen LogP) is 2.92. The molecule has 0 aromatic carbocycles. The lowest BCUT2D eigenvalue weighted by atomic mass is 10.2. The Morgan fingerprint density at radius 3 is 2.78 bits per heavy atom. The Labute approximate surface area is 62.2 Å². The van der Waals surface area contributed by atoms with Crippen LogP contribution in [0, 0.1) is 0 Å². The lowest BCUT2D eigenvalue weighted by Crippen LogP contribution is -1.66. The quantitative estimate of drug-likeness (QED) is 0.658. The first-order valence-corrected chi connectivity index (χ1v) is 3.89. The van der Waals surface area contributed by atoms with E-state index in [-0.39, 0.29) is 0 Å². The van der Waals surface area contributed by atoms with E-state index in [1.807, 2.05) is 6.26 Å². The SMILES string of the molecule is Brc1cc(C2CC2)co1. The number of furan rings is 1. The van der Waals surface area contributed by atoms with Crippen molar-refractivity contribution in [1.29, 1.82) is 0 Å². The first-order chi connectivity index (χ1) is 4.36. The van der Waals surface area contributed by atoms with E-state index >= 15 is 0 Å². The Morgan fingerprint density at radius 1 is 1.56 bits per heavy atom. The van der Waals surface area contributed by atoms with Gasteiger partial charge in [0.2, 0.25) is 0 Å². The topological polar surface area (TPSA) is 13.1 Å². The molecule has 9 heavy (non-hydrogen) atoms. The fourth-order valence-electron chi connectivity index (χ4n) is 0.954. The highest BCUT2D eigenvalue weighted by Gasteiger charge is 2.24. The van der Waals surface area contributed by atoms with Crippen LogP contribution in [0.15, 0.2) is 21.4 Å². The van der Waals surface area contributed by atoms with Gasteiger partial charge in [0, 0.05) is 0 Å². The molecule has 1 saturated carbocycles. The average molecular weight is 187 g/mol. The summed E-state index contributed by atoms with van der Waals surface area (Å²) in [6.45, 7) is 0. The standard InChI is InChI=1S/C7H7BrO/c8-7-3-6(4-9-7)5-1-2-5/h3-5H,1-2H2. The molecule has 0 unspecified atom stereocenters. The van der Waals surface area contributed by atoms with Crippen molar-refractivity contribution in [3.05, 3.63) is 22.6 Å². The summed E-state index contributed by atoms with van der Waals surface area (Å²) in [5.41, 5.74) is 1.35. The summed E-state index contributed by atoms with van der Waals surface area (Å²) >= 11 is 3.26. The zero-order chi connectivity index (χ0) is 6.27. The van der Waals surface area contributed by atoms with Crippen LogP contribution in [0.2, 0.25) is 0 Å². The molecule has 0 amide bonds. The van der Waals surface area contributed by atoms with Gasteiger partial charge in [-0.05, 0) is 46.3 Å². The van der Waals surface area contributed by atoms with Crippen molar-refractivity contribution in [3.8, 4) is 0 Å². The second kappa shape index (κ2) is 1.87. The molecule has 48 valence electrons. The van der Waals surface area contributed by atoms with Crippen LogP contribution in [-0.2, 0) is 0 Å². The van der Waals surface area contributed by atoms with Crippen molar-refractivity contribution in [3.63, 3.8) is 0 Å². The summed E-state index contributed by atoms with van der Waals surface area (Å²) < 4.78 is 5.93. The molecular formula is C7H7BrO. The van der Waals surface area contributed by atoms with E-state index in [1.165, 1.54) is 18.4 Å². The molecule has 0 atom stereocenters. The Hall–Kier alpha value is -0.240. The molecule has 1 aliphatic carbocycles. The molecular weight excluding hydrogens is 180 g/mol. The van der Waals surface area contributed by atoms with E-state index in [2.05, 4.69) is 22.0 Å². The minimum absolute atomic E-state index is 0.806. The molecule has 0 saturated heterocycles. The summed E-state index contributed by atoms with van der Waals surface area (Å²) in [4.78, 5) is 0. The Balaban J connectivity index is 2.28. The zero-order valence-corrected chi connectivity index (χ0v) is 6.52. The fraction of sp³-hybridized carbons (Fsp3) is 0.429. The summed E-state index contributed by atoms with van der Waals surface area (Å²) in [5.74, 6) is 0.806. The Morgan fingerprint density at radius 2 is 2.33 bits per heavy atom. The normalized spacial score (nSPS) is 18.3. The van der Waals surface area contributed by atoms with Gasteiger partial charge in [0.25, 0.3) is 0 Å².